The normalized spacial score (nSPS) is 11.0. The zero-order chi connectivity index (χ0) is 20.2. The second-order valence-electron chi connectivity index (χ2n) is 5.91. The minimum absolute atomic E-state index is 0.148. The van der Waals surface area contributed by atoms with Crippen LogP contribution in [0.1, 0.15) is 6.92 Å². The lowest BCUT2D eigenvalue weighted by Gasteiger charge is -2.06. The number of thioether (sulfide) groups is 1. The van der Waals surface area contributed by atoms with E-state index >= 15 is 0 Å². The Morgan fingerprint density at radius 2 is 2.00 bits per heavy atom. The molecule has 0 spiro atoms. The first-order chi connectivity index (χ1) is 14.1. The molecule has 0 saturated heterocycles. The van der Waals surface area contributed by atoms with Gasteiger partial charge in [0, 0.05) is 15.8 Å². The minimum atomic E-state index is -0.168. The summed E-state index contributed by atoms with van der Waals surface area (Å²) in [5.74, 6) is 1.09. The maximum absolute atomic E-state index is 12.2. The number of amides is 1. The fourth-order valence-electron chi connectivity index (χ4n) is 2.64. The summed E-state index contributed by atoms with van der Waals surface area (Å²) < 4.78 is 12.1. The van der Waals surface area contributed by atoms with Crippen molar-refractivity contribution in [1.29, 1.82) is 0 Å². The van der Waals surface area contributed by atoms with E-state index in [0.717, 1.165) is 20.7 Å². The van der Waals surface area contributed by atoms with E-state index in [9.17, 15) is 4.79 Å². The van der Waals surface area contributed by atoms with Crippen LogP contribution in [0.2, 0.25) is 5.02 Å². The molecule has 9 heteroatoms. The first kappa shape index (κ1) is 19.8. The van der Waals surface area contributed by atoms with Crippen molar-refractivity contribution in [2.75, 3.05) is 17.7 Å². The van der Waals surface area contributed by atoms with Crippen molar-refractivity contribution in [1.82, 2.24) is 10.2 Å². The number of benzene rings is 2. The van der Waals surface area contributed by atoms with Gasteiger partial charge in [0.2, 0.25) is 5.91 Å². The number of fused-ring (bicyclic) bond motifs is 1. The van der Waals surface area contributed by atoms with Gasteiger partial charge in [-0.25, -0.2) is 0 Å². The SMILES string of the molecule is CCOc1ccc(NC(=O)CSc2nnc(-c3sc4ccccc4c3Cl)o2)cc1. The molecular weight excluding hydrogens is 430 g/mol. The first-order valence-electron chi connectivity index (χ1n) is 8.80. The Hall–Kier alpha value is -2.55. The molecule has 0 unspecified atom stereocenters. The van der Waals surface area contributed by atoms with Crippen LogP contribution in [-0.2, 0) is 4.79 Å². The number of nitrogens with one attached hydrogen (secondary N) is 1. The lowest BCUT2D eigenvalue weighted by molar-refractivity contribution is -0.113. The molecule has 0 aliphatic rings. The van der Waals surface area contributed by atoms with Crippen LogP contribution >= 0.6 is 34.7 Å². The van der Waals surface area contributed by atoms with Crippen molar-refractivity contribution in [3.05, 3.63) is 53.6 Å². The van der Waals surface area contributed by atoms with E-state index in [1.807, 2.05) is 43.3 Å². The number of thiophene rings is 1. The zero-order valence-corrected chi connectivity index (χ0v) is 17.7. The highest BCUT2D eigenvalue weighted by atomic mass is 35.5. The summed E-state index contributed by atoms with van der Waals surface area (Å²) in [5, 5.41) is 12.8. The third-order valence-electron chi connectivity index (χ3n) is 3.91. The van der Waals surface area contributed by atoms with Crippen LogP contribution < -0.4 is 10.1 Å². The smallest absolute Gasteiger partial charge is 0.277 e. The summed E-state index contributed by atoms with van der Waals surface area (Å²) in [6, 6.07) is 15.0. The van der Waals surface area contributed by atoms with Gasteiger partial charge in [-0.15, -0.1) is 21.5 Å². The maximum atomic E-state index is 12.2. The Kier molecular flexibility index (Phi) is 6.03. The average Bonchev–Trinajstić information content (AvgIpc) is 3.33. The number of rotatable bonds is 7. The fourth-order valence-corrected chi connectivity index (χ4v) is 4.63. The molecule has 1 amide bonds. The van der Waals surface area contributed by atoms with Gasteiger partial charge in [0.05, 0.1) is 17.4 Å². The number of ether oxygens (including phenoxy) is 1. The first-order valence-corrected chi connectivity index (χ1v) is 11.0. The summed E-state index contributed by atoms with van der Waals surface area (Å²) in [4.78, 5) is 12.9. The Labute approximate surface area is 180 Å². The topological polar surface area (TPSA) is 77.2 Å². The van der Waals surface area contributed by atoms with E-state index in [2.05, 4.69) is 15.5 Å². The molecular formula is C20H16ClN3O3S2. The summed E-state index contributed by atoms with van der Waals surface area (Å²) in [6.07, 6.45) is 0. The lowest BCUT2D eigenvalue weighted by atomic mass is 10.2. The third kappa shape index (κ3) is 4.55. The minimum Gasteiger partial charge on any atom is -0.494 e. The van der Waals surface area contributed by atoms with E-state index in [1.54, 1.807) is 12.1 Å². The molecule has 148 valence electrons. The largest absolute Gasteiger partial charge is 0.494 e. The number of aromatic nitrogens is 2. The van der Waals surface area contributed by atoms with Gasteiger partial charge in [-0.1, -0.05) is 41.6 Å². The van der Waals surface area contributed by atoms with Gasteiger partial charge in [-0.05, 0) is 37.3 Å². The molecule has 29 heavy (non-hydrogen) atoms. The second-order valence-corrected chi connectivity index (χ2v) is 8.27. The van der Waals surface area contributed by atoms with Crippen molar-refractivity contribution < 1.29 is 13.9 Å². The predicted molar refractivity (Wildman–Crippen MR) is 117 cm³/mol. The third-order valence-corrected chi connectivity index (χ3v) is 6.39. The van der Waals surface area contributed by atoms with E-state index in [1.165, 1.54) is 23.1 Å². The highest BCUT2D eigenvalue weighted by molar-refractivity contribution is 7.99. The average molecular weight is 446 g/mol. The molecule has 2 heterocycles. The van der Waals surface area contributed by atoms with Gasteiger partial charge in [0.1, 0.15) is 10.6 Å². The molecule has 0 aliphatic heterocycles. The van der Waals surface area contributed by atoms with Crippen LogP contribution in [0.5, 0.6) is 5.75 Å². The van der Waals surface area contributed by atoms with Gasteiger partial charge in [0.15, 0.2) is 0 Å². The van der Waals surface area contributed by atoms with E-state index in [4.69, 9.17) is 20.8 Å². The van der Waals surface area contributed by atoms with E-state index in [-0.39, 0.29) is 11.7 Å². The number of carbonyl (C=O) groups is 1. The number of hydrogen-bond donors (Lipinski definition) is 1. The predicted octanol–water partition coefficient (Wildman–Crippen LogP) is 5.73. The molecule has 4 aromatic rings. The highest BCUT2D eigenvalue weighted by Gasteiger charge is 2.18. The Bertz CT molecular complexity index is 1140. The molecule has 6 nitrogen and oxygen atoms in total. The van der Waals surface area contributed by atoms with Crippen LogP contribution in [0.25, 0.3) is 20.9 Å². The van der Waals surface area contributed by atoms with Gasteiger partial charge >= 0.3 is 0 Å². The molecule has 2 aromatic carbocycles. The van der Waals surface area contributed by atoms with Crippen LogP contribution in [0.3, 0.4) is 0 Å². The van der Waals surface area contributed by atoms with Crippen molar-refractivity contribution in [2.45, 2.75) is 12.1 Å². The molecule has 0 fully saturated rings. The zero-order valence-electron chi connectivity index (χ0n) is 15.3. The molecule has 1 N–H and O–H groups in total. The highest BCUT2D eigenvalue weighted by Crippen LogP contribution is 2.41. The fraction of sp³-hybridized carbons (Fsp3) is 0.150. The second kappa shape index (κ2) is 8.86. The molecule has 4 rings (SSSR count). The maximum Gasteiger partial charge on any atom is 0.277 e. The standard InChI is InChI=1S/C20H16ClN3O3S2/c1-2-26-13-9-7-12(8-10-13)22-16(25)11-28-20-24-23-19(27-20)18-17(21)14-5-3-4-6-15(14)29-18/h3-10H,2,11H2,1H3,(H,22,25). The Morgan fingerprint density at radius 1 is 1.21 bits per heavy atom. The number of hydrogen-bond acceptors (Lipinski definition) is 7. The summed E-state index contributed by atoms with van der Waals surface area (Å²) in [6.45, 7) is 2.52. The summed E-state index contributed by atoms with van der Waals surface area (Å²) in [7, 11) is 0. The molecule has 2 aromatic heterocycles. The molecule has 0 saturated carbocycles. The number of nitrogens with zero attached hydrogens (tertiary/aromatic N) is 2. The van der Waals surface area contributed by atoms with Gasteiger partial charge < -0.3 is 14.5 Å². The number of halogens is 1. The Morgan fingerprint density at radius 3 is 2.76 bits per heavy atom. The number of carbonyl (C=O) groups excluding carboxylic acids is 1. The summed E-state index contributed by atoms with van der Waals surface area (Å²) >= 11 is 9.12. The molecule has 0 atom stereocenters. The van der Waals surface area contributed by atoms with E-state index in [0.29, 0.717) is 28.4 Å². The van der Waals surface area contributed by atoms with E-state index < -0.39 is 0 Å². The van der Waals surface area contributed by atoms with Crippen molar-refractivity contribution in [3.8, 4) is 16.5 Å². The monoisotopic (exact) mass is 445 g/mol. The quantitative estimate of drug-likeness (QED) is 0.366. The van der Waals surface area contributed by atoms with Crippen molar-refractivity contribution >= 4 is 56.4 Å². The Balaban J connectivity index is 1.37. The van der Waals surface area contributed by atoms with Crippen LogP contribution in [0, 0.1) is 0 Å². The van der Waals surface area contributed by atoms with Crippen LogP contribution in [0.4, 0.5) is 5.69 Å². The lowest BCUT2D eigenvalue weighted by Crippen LogP contribution is -2.13. The van der Waals surface area contributed by atoms with Crippen LogP contribution in [0.15, 0.2) is 58.2 Å². The van der Waals surface area contributed by atoms with Gasteiger partial charge in [-0.3, -0.25) is 4.79 Å². The number of anilines is 1. The molecule has 0 bridgehead atoms. The molecule has 0 aliphatic carbocycles. The van der Waals surface area contributed by atoms with Crippen LogP contribution in [-0.4, -0.2) is 28.5 Å². The van der Waals surface area contributed by atoms with Crippen molar-refractivity contribution in [3.63, 3.8) is 0 Å². The van der Waals surface area contributed by atoms with Gasteiger partial charge in [-0.2, -0.15) is 0 Å². The van der Waals surface area contributed by atoms with Crippen molar-refractivity contribution in [2.24, 2.45) is 0 Å². The summed E-state index contributed by atoms with van der Waals surface area (Å²) in [5.41, 5.74) is 0.697. The van der Waals surface area contributed by atoms with Gasteiger partial charge in [0.25, 0.3) is 11.1 Å². The molecule has 0 radical (unpaired) electrons.